The van der Waals surface area contributed by atoms with E-state index in [0.29, 0.717) is 6.42 Å². The molecule has 0 atom stereocenters. The molecule has 0 heterocycles. The highest BCUT2D eigenvalue weighted by molar-refractivity contribution is 7.89. The van der Waals surface area contributed by atoms with E-state index >= 15 is 0 Å². The zero-order valence-electron chi connectivity index (χ0n) is 11.0. The standard InChI is InChI=1S/C12H18F2N2O2S/c1-3-4-5-6-16(2)19(17,18)12-10(13)7-9(15)8-11(12)14/h7-8H,3-6,15H2,1-2H3. The second-order valence-electron chi connectivity index (χ2n) is 4.35. The minimum atomic E-state index is -4.17. The van der Waals surface area contributed by atoms with Crippen LogP contribution in [-0.2, 0) is 10.0 Å². The van der Waals surface area contributed by atoms with Crippen molar-refractivity contribution >= 4 is 15.7 Å². The van der Waals surface area contributed by atoms with E-state index in [0.717, 1.165) is 29.3 Å². The molecule has 0 unspecified atom stereocenters. The van der Waals surface area contributed by atoms with E-state index in [4.69, 9.17) is 5.73 Å². The minimum Gasteiger partial charge on any atom is -0.399 e. The lowest BCUT2D eigenvalue weighted by molar-refractivity contribution is 0.440. The van der Waals surface area contributed by atoms with Crippen LogP contribution in [0.15, 0.2) is 17.0 Å². The molecule has 0 saturated heterocycles. The Morgan fingerprint density at radius 1 is 1.21 bits per heavy atom. The van der Waals surface area contributed by atoms with Crippen LogP contribution in [0.5, 0.6) is 0 Å². The first-order valence-corrected chi connectivity index (χ1v) is 7.45. The van der Waals surface area contributed by atoms with Gasteiger partial charge in [-0.3, -0.25) is 0 Å². The Hall–Kier alpha value is -1.21. The number of anilines is 1. The lowest BCUT2D eigenvalue weighted by Gasteiger charge is -2.18. The average Bonchev–Trinajstić information content (AvgIpc) is 2.27. The summed E-state index contributed by atoms with van der Waals surface area (Å²) in [4.78, 5) is -0.944. The average molecular weight is 292 g/mol. The molecule has 0 aliphatic heterocycles. The van der Waals surface area contributed by atoms with Crippen LogP contribution in [0.25, 0.3) is 0 Å². The summed E-state index contributed by atoms with van der Waals surface area (Å²) in [7, 11) is -2.86. The Morgan fingerprint density at radius 3 is 2.21 bits per heavy atom. The summed E-state index contributed by atoms with van der Waals surface area (Å²) in [6.45, 7) is 2.20. The minimum absolute atomic E-state index is 0.150. The first-order valence-electron chi connectivity index (χ1n) is 6.01. The van der Waals surface area contributed by atoms with Gasteiger partial charge in [-0.1, -0.05) is 19.8 Å². The van der Waals surface area contributed by atoms with Crippen LogP contribution in [0.1, 0.15) is 26.2 Å². The molecule has 19 heavy (non-hydrogen) atoms. The second-order valence-corrected chi connectivity index (χ2v) is 6.33. The highest BCUT2D eigenvalue weighted by Gasteiger charge is 2.28. The molecular weight excluding hydrogens is 274 g/mol. The number of hydrogen-bond acceptors (Lipinski definition) is 3. The number of nitrogens with zero attached hydrogens (tertiary/aromatic N) is 1. The van der Waals surface area contributed by atoms with Gasteiger partial charge in [0.25, 0.3) is 0 Å². The number of nitrogen functional groups attached to an aromatic ring is 1. The van der Waals surface area contributed by atoms with Gasteiger partial charge < -0.3 is 5.73 Å². The van der Waals surface area contributed by atoms with Crippen LogP contribution in [0.3, 0.4) is 0 Å². The molecule has 1 aromatic rings. The molecule has 0 bridgehead atoms. The Kier molecular flexibility index (Phi) is 5.25. The number of rotatable bonds is 6. The van der Waals surface area contributed by atoms with Crippen molar-refractivity contribution in [1.82, 2.24) is 4.31 Å². The van der Waals surface area contributed by atoms with Crippen LogP contribution in [0, 0.1) is 11.6 Å². The van der Waals surface area contributed by atoms with Crippen LogP contribution in [0.2, 0.25) is 0 Å². The predicted molar refractivity (Wildman–Crippen MR) is 70.1 cm³/mol. The molecule has 1 aromatic carbocycles. The highest BCUT2D eigenvalue weighted by atomic mass is 32.2. The Balaban J connectivity index is 3.07. The topological polar surface area (TPSA) is 63.4 Å². The van der Waals surface area contributed by atoms with Crippen LogP contribution in [0.4, 0.5) is 14.5 Å². The zero-order chi connectivity index (χ0) is 14.6. The summed E-state index contributed by atoms with van der Waals surface area (Å²) in [5.41, 5.74) is 5.11. The van der Waals surface area contributed by atoms with Crippen molar-refractivity contribution in [3.05, 3.63) is 23.8 Å². The maximum Gasteiger partial charge on any atom is 0.248 e. The molecule has 0 amide bonds. The van der Waals surface area contributed by atoms with Crippen LogP contribution < -0.4 is 5.73 Å². The summed E-state index contributed by atoms with van der Waals surface area (Å²) >= 11 is 0. The molecule has 0 radical (unpaired) electrons. The van der Waals surface area contributed by atoms with E-state index < -0.39 is 26.6 Å². The van der Waals surface area contributed by atoms with Crippen molar-refractivity contribution in [1.29, 1.82) is 0 Å². The van der Waals surface area contributed by atoms with E-state index in [1.54, 1.807) is 0 Å². The van der Waals surface area contributed by atoms with E-state index in [2.05, 4.69) is 0 Å². The number of benzene rings is 1. The van der Waals surface area contributed by atoms with E-state index in [-0.39, 0.29) is 12.2 Å². The number of unbranched alkanes of at least 4 members (excludes halogenated alkanes) is 2. The van der Waals surface area contributed by atoms with E-state index in [1.165, 1.54) is 7.05 Å². The monoisotopic (exact) mass is 292 g/mol. The van der Waals surface area contributed by atoms with Crippen molar-refractivity contribution in [3.63, 3.8) is 0 Å². The molecule has 108 valence electrons. The molecule has 0 spiro atoms. The normalized spacial score (nSPS) is 12.1. The number of hydrogen-bond donors (Lipinski definition) is 1. The molecule has 0 aromatic heterocycles. The summed E-state index contributed by atoms with van der Waals surface area (Å²) in [5.74, 6) is -2.33. The van der Waals surface area contributed by atoms with Crippen molar-refractivity contribution in [2.75, 3.05) is 19.3 Å². The Labute approximate surface area is 112 Å². The third-order valence-electron chi connectivity index (χ3n) is 2.77. The molecule has 2 N–H and O–H groups in total. The van der Waals surface area contributed by atoms with Gasteiger partial charge in [0.05, 0.1) is 0 Å². The van der Waals surface area contributed by atoms with Gasteiger partial charge in [-0.15, -0.1) is 0 Å². The van der Waals surface area contributed by atoms with Crippen molar-refractivity contribution in [3.8, 4) is 0 Å². The third-order valence-corrected chi connectivity index (χ3v) is 4.67. The molecule has 0 fully saturated rings. The number of halogens is 2. The first-order chi connectivity index (χ1) is 8.80. The quantitative estimate of drug-likeness (QED) is 0.646. The Morgan fingerprint density at radius 2 is 1.74 bits per heavy atom. The van der Waals surface area contributed by atoms with E-state index in [1.807, 2.05) is 6.92 Å². The summed E-state index contributed by atoms with van der Waals surface area (Å²) in [6.07, 6.45) is 2.43. The molecule has 1 rings (SSSR count). The van der Waals surface area contributed by atoms with Gasteiger partial charge in [-0.05, 0) is 18.6 Å². The van der Waals surface area contributed by atoms with Gasteiger partial charge in [-0.2, -0.15) is 0 Å². The smallest absolute Gasteiger partial charge is 0.248 e. The fourth-order valence-corrected chi connectivity index (χ4v) is 2.98. The lowest BCUT2D eigenvalue weighted by Crippen LogP contribution is -2.29. The van der Waals surface area contributed by atoms with Crippen LogP contribution >= 0.6 is 0 Å². The highest BCUT2D eigenvalue weighted by Crippen LogP contribution is 2.24. The van der Waals surface area contributed by atoms with Gasteiger partial charge in [0.2, 0.25) is 10.0 Å². The maximum atomic E-state index is 13.6. The lowest BCUT2D eigenvalue weighted by atomic mass is 10.2. The van der Waals surface area contributed by atoms with Gasteiger partial charge in [0.1, 0.15) is 11.6 Å². The zero-order valence-corrected chi connectivity index (χ0v) is 11.8. The summed E-state index contributed by atoms with van der Waals surface area (Å²) in [5, 5.41) is 0. The number of nitrogens with two attached hydrogens (primary N) is 1. The van der Waals surface area contributed by atoms with Gasteiger partial charge in [0, 0.05) is 19.3 Å². The van der Waals surface area contributed by atoms with Gasteiger partial charge in [0.15, 0.2) is 4.90 Å². The summed E-state index contributed by atoms with van der Waals surface area (Å²) in [6, 6.07) is 1.60. The SMILES string of the molecule is CCCCCN(C)S(=O)(=O)c1c(F)cc(N)cc1F. The maximum absolute atomic E-state index is 13.6. The molecular formula is C12H18F2N2O2S. The first kappa shape index (κ1) is 15.8. The van der Waals surface area contributed by atoms with Crippen molar-refractivity contribution in [2.45, 2.75) is 31.1 Å². The fourth-order valence-electron chi connectivity index (χ4n) is 1.69. The van der Waals surface area contributed by atoms with Crippen molar-refractivity contribution < 1.29 is 17.2 Å². The van der Waals surface area contributed by atoms with Crippen molar-refractivity contribution in [2.24, 2.45) is 0 Å². The van der Waals surface area contributed by atoms with Crippen LogP contribution in [-0.4, -0.2) is 26.3 Å². The van der Waals surface area contributed by atoms with Gasteiger partial charge in [-0.25, -0.2) is 21.5 Å². The Bertz CT molecular complexity index is 524. The fraction of sp³-hybridized carbons (Fsp3) is 0.500. The summed E-state index contributed by atoms with van der Waals surface area (Å²) < 4.78 is 52.4. The van der Waals surface area contributed by atoms with Gasteiger partial charge >= 0.3 is 0 Å². The largest absolute Gasteiger partial charge is 0.399 e. The molecule has 7 heteroatoms. The predicted octanol–water partition coefficient (Wildman–Crippen LogP) is 2.36. The second kappa shape index (κ2) is 6.29. The third kappa shape index (κ3) is 3.63. The molecule has 0 aliphatic carbocycles. The molecule has 0 saturated carbocycles. The van der Waals surface area contributed by atoms with E-state index in [9.17, 15) is 17.2 Å². The molecule has 0 aliphatic rings. The number of sulfonamides is 1. The molecule has 4 nitrogen and oxygen atoms in total.